The summed E-state index contributed by atoms with van der Waals surface area (Å²) >= 11 is 0. The quantitative estimate of drug-likeness (QED) is 0.735. The zero-order valence-electron chi connectivity index (χ0n) is 15.5. The lowest BCUT2D eigenvalue weighted by Crippen LogP contribution is -2.43. The van der Waals surface area contributed by atoms with E-state index >= 15 is 0 Å². The Morgan fingerprint density at radius 2 is 1.96 bits per heavy atom. The Kier molecular flexibility index (Phi) is 6.09. The van der Waals surface area contributed by atoms with Crippen LogP contribution in [0.2, 0.25) is 0 Å². The summed E-state index contributed by atoms with van der Waals surface area (Å²) in [4.78, 5) is 28.2. The lowest BCUT2D eigenvalue weighted by atomic mass is 9.77. The fraction of sp³-hybridized carbons (Fsp3) is 0.524. The van der Waals surface area contributed by atoms with Gasteiger partial charge in [0, 0.05) is 19.5 Å². The van der Waals surface area contributed by atoms with Crippen LogP contribution in [0.5, 0.6) is 0 Å². The zero-order valence-corrected chi connectivity index (χ0v) is 15.5. The van der Waals surface area contributed by atoms with Gasteiger partial charge in [0.25, 0.3) is 0 Å². The summed E-state index contributed by atoms with van der Waals surface area (Å²) in [5.74, 6) is 0.0974. The van der Waals surface area contributed by atoms with E-state index in [0.717, 1.165) is 38.0 Å². The molecule has 0 saturated carbocycles. The maximum Gasteiger partial charge on any atom is 0.320 e. The van der Waals surface area contributed by atoms with E-state index in [-0.39, 0.29) is 17.3 Å². The maximum absolute atomic E-state index is 12.4. The van der Waals surface area contributed by atoms with E-state index in [4.69, 9.17) is 4.74 Å². The van der Waals surface area contributed by atoms with Crippen LogP contribution in [-0.4, -0.2) is 61.0 Å². The molecule has 2 fully saturated rings. The fourth-order valence-electron chi connectivity index (χ4n) is 3.94. The highest BCUT2D eigenvalue weighted by molar-refractivity contribution is 5.80. The number of carbonyl (C=O) groups excluding carboxylic acids is 2. The first-order valence-corrected chi connectivity index (χ1v) is 9.48. The van der Waals surface area contributed by atoms with E-state index in [9.17, 15) is 9.59 Å². The van der Waals surface area contributed by atoms with Crippen LogP contribution < -0.4 is 0 Å². The fourth-order valence-corrected chi connectivity index (χ4v) is 3.94. The van der Waals surface area contributed by atoms with Crippen molar-refractivity contribution < 1.29 is 14.3 Å². The molecule has 2 aliphatic heterocycles. The van der Waals surface area contributed by atoms with Gasteiger partial charge in [-0.1, -0.05) is 42.5 Å². The van der Waals surface area contributed by atoms with Crippen molar-refractivity contribution in [1.29, 1.82) is 0 Å². The minimum atomic E-state index is -0.154. The van der Waals surface area contributed by atoms with Gasteiger partial charge in [-0.3, -0.25) is 14.5 Å². The molecule has 0 aromatic heterocycles. The Bertz CT molecular complexity index is 648. The van der Waals surface area contributed by atoms with Crippen molar-refractivity contribution in [3.05, 3.63) is 42.0 Å². The number of rotatable bonds is 6. The van der Waals surface area contributed by atoms with E-state index in [1.54, 1.807) is 0 Å². The molecule has 0 radical (unpaired) electrons. The summed E-state index contributed by atoms with van der Waals surface area (Å²) in [6.07, 6.45) is 6.72. The van der Waals surface area contributed by atoms with Crippen molar-refractivity contribution in [3.63, 3.8) is 0 Å². The minimum absolute atomic E-state index is 0.0861. The van der Waals surface area contributed by atoms with Crippen molar-refractivity contribution in [2.24, 2.45) is 5.41 Å². The number of nitrogens with zero attached hydrogens (tertiary/aromatic N) is 2. The van der Waals surface area contributed by atoms with Crippen LogP contribution in [0.4, 0.5) is 0 Å². The number of esters is 1. The maximum atomic E-state index is 12.4. The molecular formula is C21H28N2O3. The first-order valence-electron chi connectivity index (χ1n) is 9.48. The zero-order chi connectivity index (χ0) is 18.4. The molecule has 0 aliphatic carbocycles. The smallest absolute Gasteiger partial charge is 0.320 e. The number of hydrogen-bond acceptors (Lipinski definition) is 4. The van der Waals surface area contributed by atoms with Crippen molar-refractivity contribution in [1.82, 2.24) is 9.80 Å². The van der Waals surface area contributed by atoms with Crippen LogP contribution in [0.25, 0.3) is 6.08 Å². The summed E-state index contributed by atoms with van der Waals surface area (Å²) in [7, 11) is 0. The predicted molar refractivity (Wildman–Crippen MR) is 101 cm³/mol. The molecule has 2 heterocycles. The Hall–Kier alpha value is -2.14. The van der Waals surface area contributed by atoms with Crippen molar-refractivity contribution in [3.8, 4) is 0 Å². The third-order valence-corrected chi connectivity index (χ3v) is 5.42. The molecule has 3 rings (SSSR count). The summed E-state index contributed by atoms with van der Waals surface area (Å²) in [6.45, 7) is 5.84. The van der Waals surface area contributed by atoms with E-state index < -0.39 is 0 Å². The third-order valence-electron chi connectivity index (χ3n) is 5.42. The average molecular weight is 356 g/mol. The second-order valence-corrected chi connectivity index (χ2v) is 7.35. The molecule has 0 atom stereocenters. The normalized spacial score (nSPS) is 20.2. The molecule has 2 saturated heterocycles. The number of likely N-dealkylation sites (tertiary alicyclic amines) is 2. The van der Waals surface area contributed by atoms with Crippen LogP contribution in [0, 0.1) is 5.41 Å². The van der Waals surface area contributed by atoms with Gasteiger partial charge in [-0.25, -0.2) is 0 Å². The largest absolute Gasteiger partial charge is 0.465 e. The summed E-state index contributed by atoms with van der Waals surface area (Å²) in [5.41, 5.74) is 1.24. The van der Waals surface area contributed by atoms with Crippen LogP contribution in [0.3, 0.4) is 0 Å². The number of ether oxygens (including phenoxy) is 1. The lowest BCUT2D eigenvalue weighted by molar-refractivity contribution is -0.145. The highest BCUT2D eigenvalue weighted by Gasteiger charge is 2.44. The van der Waals surface area contributed by atoms with Crippen LogP contribution in [0.1, 0.15) is 31.7 Å². The van der Waals surface area contributed by atoms with Crippen molar-refractivity contribution in [2.45, 2.75) is 26.2 Å². The number of piperidine rings is 1. The number of amides is 1. The Morgan fingerprint density at radius 3 is 2.65 bits per heavy atom. The third kappa shape index (κ3) is 4.73. The summed E-state index contributed by atoms with van der Waals surface area (Å²) < 4.78 is 5.03. The van der Waals surface area contributed by atoms with Crippen LogP contribution >= 0.6 is 0 Å². The standard InChI is InChI=1S/C21H28N2O3/c1-2-26-20(25)16-22-13-10-21(11-14-22)15-19(24)23(17-21)12-6-9-18-7-4-3-5-8-18/h3-9H,2,10-17H2,1H3. The van der Waals surface area contributed by atoms with Crippen LogP contribution in [0.15, 0.2) is 36.4 Å². The minimum Gasteiger partial charge on any atom is -0.465 e. The SMILES string of the molecule is CCOC(=O)CN1CCC2(CC1)CC(=O)N(CC=Cc1ccccc1)C2. The molecule has 1 amide bonds. The van der Waals surface area contributed by atoms with Crippen LogP contribution in [-0.2, 0) is 14.3 Å². The number of carbonyl (C=O) groups is 2. The molecule has 1 spiro atoms. The van der Waals surface area contributed by atoms with Gasteiger partial charge >= 0.3 is 5.97 Å². The van der Waals surface area contributed by atoms with Gasteiger partial charge in [0.05, 0.1) is 13.2 Å². The molecule has 140 valence electrons. The monoisotopic (exact) mass is 356 g/mol. The van der Waals surface area contributed by atoms with E-state index in [1.165, 1.54) is 0 Å². The Balaban J connectivity index is 1.48. The first kappa shape index (κ1) is 18.6. The average Bonchev–Trinajstić information content (AvgIpc) is 2.94. The van der Waals surface area contributed by atoms with E-state index in [2.05, 4.69) is 29.2 Å². The van der Waals surface area contributed by atoms with Gasteiger partial charge in [0.15, 0.2) is 0 Å². The van der Waals surface area contributed by atoms with E-state index in [1.807, 2.05) is 30.0 Å². The summed E-state index contributed by atoms with van der Waals surface area (Å²) in [5, 5.41) is 0. The molecule has 0 bridgehead atoms. The van der Waals surface area contributed by atoms with Gasteiger partial charge in [-0.15, -0.1) is 0 Å². The molecule has 0 N–H and O–H groups in total. The van der Waals surface area contributed by atoms with Gasteiger partial charge in [-0.05, 0) is 43.8 Å². The Morgan fingerprint density at radius 1 is 1.23 bits per heavy atom. The molecule has 5 heteroatoms. The topological polar surface area (TPSA) is 49.9 Å². The number of benzene rings is 1. The molecule has 2 aliphatic rings. The summed E-state index contributed by atoms with van der Waals surface area (Å²) in [6, 6.07) is 10.1. The predicted octanol–water partition coefficient (Wildman–Crippen LogP) is 2.58. The number of hydrogen-bond donors (Lipinski definition) is 0. The van der Waals surface area contributed by atoms with Gasteiger partial charge in [-0.2, -0.15) is 0 Å². The Labute approximate surface area is 155 Å². The van der Waals surface area contributed by atoms with E-state index in [0.29, 0.717) is 26.1 Å². The molecule has 1 aromatic rings. The van der Waals surface area contributed by atoms with Crippen molar-refractivity contribution in [2.75, 3.05) is 39.3 Å². The first-order chi connectivity index (χ1) is 12.6. The second kappa shape index (κ2) is 8.49. The van der Waals surface area contributed by atoms with Crippen molar-refractivity contribution >= 4 is 18.0 Å². The second-order valence-electron chi connectivity index (χ2n) is 7.35. The lowest BCUT2D eigenvalue weighted by Gasteiger charge is -2.38. The molecule has 1 aromatic carbocycles. The molecule has 5 nitrogen and oxygen atoms in total. The molecule has 26 heavy (non-hydrogen) atoms. The van der Waals surface area contributed by atoms with Gasteiger partial charge in [0.1, 0.15) is 0 Å². The van der Waals surface area contributed by atoms with Gasteiger partial charge < -0.3 is 9.64 Å². The molecular weight excluding hydrogens is 328 g/mol. The van der Waals surface area contributed by atoms with Gasteiger partial charge in [0.2, 0.25) is 5.91 Å². The highest BCUT2D eigenvalue weighted by Crippen LogP contribution is 2.40. The molecule has 0 unspecified atom stereocenters. The highest BCUT2D eigenvalue weighted by atomic mass is 16.5.